The quantitative estimate of drug-likeness (QED) is 0.834. The predicted molar refractivity (Wildman–Crippen MR) is 78.9 cm³/mol. The molecule has 98 valence electrons. The fourth-order valence-electron chi connectivity index (χ4n) is 3.15. The number of rotatable bonds is 1. The molecule has 2 aromatic rings. The summed E-state index contributed by atoms with van der Waals surface area (Å²) in [5.41, 5.74) is 4.85. The zero-order valence-corrected chi connectivity index (χ0v) is 12.0. The summed E-state index contributed by atoms with van der Waals surface area (Å²) < 4.78 is 0. The van der Waals surface area contributed by atoms with Crippen LogP contribution in [-0.4, -0.2) is 4.98 Å². The highest BCUT2D eigenvalue weighted by atomic mass is 15.1. The van der Waals surface area contributed by atoms with Gasteiger partial charge >= 0.3 is 0 Å². The van der Waals surface area contributed by atoms with Gasteiger partial charge in [-0.05, 0) is 44.9 Å². The van der Waals surface area contributed by atoms with Crippen molar-refractivity contribution >= 4 is 0 Å². The highest BCUT2D eigenvalue weighted by Crippen LogP contribution is 2.41. The summed E-state index contributed by atoms with van der Waals surface area (Å²) in [5.74, 6) is 0. The predicted octanol–water partition coefficient (Wildman–Crippen LogP) is 3.82. The van der Waals surface area contributed by atoms with Crippen molar-refractivity contribution in [3.8, 4) is 11.3 Å². The van der Waals surface area contributed by atoms with Crippen molar-refractivity contribution in [2.45, 2.75) is 38.8 Å². The molecule has 1 aliphatic heterocycles. The summed E-state index contributed by atoms with van der Waals surface area (Å²) in [6, 6.07) is 12.6. The third-order valence-corrected chi connectivity index (χ3v) is 3.95. The van der Waals surface area contributed by atoms with Gasteiger partial charge in [-0.1, -0.05) is 30.3 Å². The molecule has 0 amide bonds. The molecule has 0 bridgehead atoms. The molecule has 0 saturated heterocycles. The average Bonchev–Trinajstić information content (AvgIpc) is 2.56. The lowest BCUT2D eigenvalue weighted by molar-refractivity contribution is 0.319. The molecule has 0 atom stereocenters. The van der Waals surface area contributed by atoms with Crippen molar-refractivity contribution in [3.63, 3.8) is 0 Å². The molecule has 1 aliphatic rings. The van der Waals surface area contributed by atoms with E-state index in [0.29, 0.717) is 0 Å². The first-order valence-electron chi connectivity index (χ1n) is 6.76. The normalized spacial score (nSPS) is 19.2. The first-order chi connectivity index (χ1) is 8.90. The van der Waals surface area contributed by atoms with Crippen LogP contribution >= 0.6 is 0 Å². The first-order valence-corrected chi connectivity index (χ1v) is 6.76. The maximum atomic E-state index is 4.64. The maximum Gasteiger partial charge on any atom is 0.0705 e. The van der Waals surface area contributed by atoms with Crippen LogP contribution in [0.15, 0.2) is 42.6 Å². The number of nitrogens with one attached hydrogen (secondary N) is 1. The van der Waals surface area contributed by atoms with Gasteiger partial charge in [-0.25, -0.2) is 0 Å². The Morgan fingerprint density at radius 2 is 1.53 bits per heavy atom. The van der Waals surface area contributed by atoms with Crippen LogP contribution in [0, 0.1) is 0 Å². The van der Waals surface area contributed by atoms with E-state index in [-0.39, 0.29) is 11.1 Å². The molecule has 0 spiro atoms. The van der Waals surface area contributed by atoms with Gasteiger partial charge in [0, 0.05) is 22.8 Å². The van der Waals surface area contributed by atoms with E-state index in [2.05, 4.69) is 68.3 Å². The summed E-state index contributed by atoms with van der Waals surface area (Å²) >= 11 is 0. The van der Waals surface area contributed by atoms with E-state index in [1.807, 2.05) is 12.3 Å². The zero-order valence-electron chi connectivity index (χ0n) is 12.0. The SMILES string of the molecule is CC1(C)NC(C)(C)c2cc(-c3ccccc3)ncc21. The Morgan fingerprint density at radius 3 is 2.21 bits per heavy atom. The molecule has 0 aliphatic carbocycles. The summed E-state index contributed by atoms with van der Waals surface area (Å²) in [6.45, 7) is 8.89. The van der Waals surface area contributed by atoms with Crippen LogP contribution in [0.3, 0.4) is 0 Å². The van der Waals surface area contributed by atoms with Gasteiger partial charge < -0.3 is 0 Å². The smallest absolute Gasteiger partial charge is 0.0705 e. The Hall–Kier alpha value is -1.67. The van der Waals surface area contributed by atoms with Crippen LogP contribution < -0.4 is 5.32 Å². The molecule has 3 rings (SSSR count). The van der Waals surface area contributed by atoms with Gasteiger partial charge in [0.15, 0.2) is 0 Å². The second-order valence-electron chi connectivity index (χ2n) is 6.36. The van der Waals surface area contributed by atoms with Crippen molar-refractivity contribution in [3.05, 3.63) is 53.7 Å². The highest BCUT2D eigenvalue weighted by Gasteiger charge is 2.41. The molecule has 1 aromatic heterocycles. The van der Waals surface area contributed by atoms with Crippen molar-refractivity contribution < 1.29 is 0 Å². The lowest BCUT2D eigenvalue weighted by Gasteiger charge is -2.25. The molecule has 1 aromatic carbocycles. The number of nitrogens with zero attached hydrogens (tertiary/aromatic N) is 1. The standard InChI is InChI=1S/C17H20N2/c1-16(2)13-10-15(12-8-6-5-7-9-12)18-11-14(13)17(3,4)19-16/h5-11,19H,1-4H3. The minimum Gasteiger partial charge on any atom is -0.299 e. The third kappa shape index (κ3) is 1.96. The topological polar surface area (TPSA) is 24.9 Å². The summed E-state index contributed by atoms with van der Waals surface area (Å²) in [7, 11) is 0. The molecule has 0 fully saturated rings. The van der Waals surface area contributed by atoms with E-state index in [1.165, 1.54) is 16.7 Å². The number of hydrogen-bond donors (Lipinski definition) is 1. The summed E-state index contributed by atoms with van der Waals surface area (Å²) in [5, 5.41) is 3.67. The lowest BCUT2D eigenvalue weighted by atomic mass is 9.91. The van der Waals surface area contributed by atoms with Gasteiger partial charge in [-0.3, -0.25) is 10.3 Å². The van der Waals surface area contributed by atoms with Gasteiger partial charge in [0.05, 0.1) is 5.69 Å². The first kappa shape index (κ1) is 12.4. The highest BCUT2D eigenvalue weighted by molar-refractivity contribution is 5.61. The fourth-order valence-corrected chi connectivity index (χ4v) is 3.15. The third-order valence-electron chi connectivity index (χ3n) is 3.95. The second kappa shape index (κ2) is 3.91. The van der Waals surface area contributed by atoms with E-state index in [9.17, 15) is 0 Å². The van der Waals surface area contributed by atoms with E-state index in [4.69, 9.17) is 0 Å². The van der Waals surface area contributed by atoms with Crippen LogP contribution in [-0.2, 0) is 11.1 Å². The van der Waals surface area contributed by atoms with E-state index in [0.717, 1.165) is 5.69 Å². The number of pyridine rings is 1. The Morgan fingerprint density at radius 1 is 0.895 bits per heavy atom. The Balaban J connectivity index is 2.16. The number of benzene rings is 1. The Labute approximate surface area is 114 Å². The van der Waals surface area contributed by atoms with Crippen LogP contribution in [0.4, 0.5) is 0 Å². The van der Waals surface area contributed by atoms with Gasteiger partial charge in [-0.15, -0.1) is 0 Å². The van der Waals surface area contributed by atoms with Crippen LogP contribution in [0.25, 0.3) is 11.3 Å². The van der Waals surface area contributed by atoms with Gasteiger partial charge in [-0.2, -0.15) is 0 Å². The molecule has 2 nitrogen and oxygen atoms in total. The average molecular weight is 252 g/mol. The minimum absolute atomic E-state index is 0.00863. The van der Waals surface area contributed by atoms with E-state index >= 15 is 0 Å². The summed E-state index contributed by atoms with van der Waals surface area (Å²) in [6.07, 6.45) is 2.03. The van der Waals surface area contributed by atoms with Gasteiger partial charge in [0.1, 0.15) is 0 Å². The second-order valence-corrected chi connectivity index (χ2v) is 6.36. The number of hydrogen-bond acceptors (Lipinski definition) is 2. The Kier molecular flexibility index (Phi) is 2.55. The largest absolute Gasteiger partial charge is 0.299 e. The molecule has 0 unspecified atom stereocenters. The summed E-state index contributed by atoms with van der Waals surface area (Å²) in [4.78, 5) is 4.64. The lowest BCUT2D eigenvalue weighted by Crippen LogP contribution is -2.39. The van der Waals surface area contributed by atoms with Crippen molar-refractivity contribution in [1.29, 1.82) is 0 Å². The molecule has 1 N–H and O–H groups in total. The monoisotopic (exact) mass is 252 g/mol. The molecule has 19 heavy (non-hydrogen) atoms. The molecule has 2 heteroatoms. The molecule has 2 heterocycles. The van der Waals surface area contributed by atoms with Gasteiger partial charge in [0.2, 0.25) is 0 Å². The van der Waals surface area contributed by atoms with E-state index in [1.54, 1.807) is 0 Å². The zero-order chi connectivity index (χ0) is 13.7. The van der Waals surface area contributed by atoms with Crippen LogP contribution in [0.2, 0.25) is 0 Å². The Bertz CT molecular complexity index is 612. The molecule has 0 radical (unpaired) electrons. The molecular weight excluding hydrogens is 232 g/mol. The van der Waals surface area contributed by atoms with Crippen molar-refractivity contribution in [1.82, 2.24) is 10.3 Å². The minimum atomic E-state index is -0.0128. The maximum absolute atomic E-state index is 4.64. The van der Waals surface area contributed by atoms with Crippen molar-refractivity contribution in [2.24, 2.45) is 0 Å². The number of fused-ring (bicyclic) bond motifs is 1. The van der Waals surface area contributed by atoms with Gasteiger partial charge in [0.25, 0.3) is 0 Å². The van der Waals surface area contributed by atoms with E-state index < -0.39 is 0 Å². The molecule has 0 saturated carbocycles. The fraction of sp³-hybridized carbons (Fsp3) is 0.353. The number of aromatic nitrogens is 1. The molecular formula is C17H20N2. The van der Waals surface area contributed by atoms with Crippen molar-refractivity contribution in [2.75, 3.05) is 0 Å². The van der Waals surface area contributed by atoms with Crippen LogP contribution in [0.1, 0.15) is 38.8 Å². The van der Waals surface area contributed by atoms with Crippen LogP contribution in [0.5, 0.6) is 0 Å².